The van der Waals surface area contributed by atoms with Crippen molar-refractivity contribution in [3.8, 4) is 6.07 Å². The summed E-state index contributed by atoms with van der Waals surface area (Å²) in [5, 5.41) is 10.3. The van der Waals surface area contributed by atoms with Crippen LogP contribution in [0.25, 0.3) is 0 Å². The van der Waals surface area contributed by atoms with Gasteiger partial charge in [0.1, 0.15) is 6.07 Å². The van der Waals surface area contributed by atoms with Crippen molar-refractivity contribution in [2.45, 2.75) is 45.0 Å². The van der Waals surface area contributed by atoms with Crippen molar-refractivity contribution in [2.24, 2.45) is 0 Å². The van der Waals surface area contributed by atoms with Crippen LogP contribution in [0.5, 0.6) is 0 Å². The second kappa shape index (κ2) is 5.88. The van der Waals surface area contributed by atoms with Gasteiger partial charge in [-0.2, -0.15) is 5.26 Å². The molecule has 0 N–H and O–H groups in total. The van der Waals surface area contributed by atoms with Gasteiger partial charge in [-0.25, -0.2) is 0 Å². The zero-order chi connectivity index (χ0) is 13.8. The van der Waals surface area contributed by atoms with Gasteiger partial charge >= 0.3 is 0 Å². The minimum absolute atomic E-state index is 0.676. The first-order valence-corrected chi connectivity index (χ1v) is 9.99. The first kappa shape index (κ1) is 15.2. The van der Waals surface area contributed by atoms with E-state index in [9.17, 15) is 5.26 Å². The summed E-state index contributed by atoms with van der Waals surface area (Å²) in [6.45, 7) is 8.37. The van der Waals surface area contributed by atoms with Crippen LogP contribution in [0, 0.1) is 11.3 Å². The first-order chi connectivity index (χ1) is 8.33. The average molecular weight is 282 g/mol. The highest BCUT2D eigenvalue weighted by Crippen LogP contribution is 2.34. The monoisotopic (exact) mass is 281 g/mol. The molecule has 0 aliphatic heterocycles. The summed E-state index contributed by atoms with van der Waals surface area (Å²) >= 11 is 5.90. The van der Waals surface area contributed by atoms with Crippen LogP contribution in [-0.2, 0) is 10.0 Å². The fourth-order valence-corrected chi connectivity index (χ4v) is 3.43. The first-order valence-electron chi connectivity index (χ1n) is 6.20. The molecule has 0 aliphatic rings. The largest absolute Gasteiger partial charge is 0.396 e. The lowest BCUT2D eigenvalue weighted by Crippen LogP contribution is -2.39. The fourth-order valence-electron chi connectivity index (χ4n) is 1.99. The topological polar surface area (TPSA) is 33.0 Å². The van der Waals surface area contributed by atoms with Gasteiger partial charge in [0, 0.05) is 5.02 Å². The van der Waals surface area contributed by atoms with Crippen molar-refractivity contribution in [3.63, 3.8) is 0 Å². The maximum absolute atomic E-state index is 9.61. The molecule has 0 bridgehead atoms. The number of hydrogen-bond acceptors (Lipinski definition) is 2. The Morgan fingerprint density at radius 1 is 1.28 bits per heavy atom. The van der Waals surface area contributed by atoms with E-state index in [1.54, 1.807) is 0 Å². The highest BCUT2D eigenvalue weighted by Gasteiger charge is 2.37. The maximum atomic E-state index is 9.61. The van der Waals surface area contributed by atoms with Gasteiger partial charge in [-0.15, -0.1) is 0 Å². The zero-order valence-electron chi connectivity index (χ0n) is 11.5. The molecule has 1 unspecified atom stereocenters. The zero-order valence-corrected chi connectivity index (χ0v) is 13.2. The Morgan fingerprint density at radius 3 is 2.22 bits per heavy atom. The lowest BCUT2D eigenvalue weighted by molar-refractivity contribution is 0.108. The molecular formula is C14H20ClNOSi. The van der Waals surface area contributed by atoms with E-state index in [1.165, 1.54) is 0 Å². The van der Waals surface area contributed by atoms with E-state index in [1.807, 2.05) is 24.3 Å². The Labute approximate surface area is 116 Å². The SMILES string of the molecule is CCCC(C#N)(O[Si](C)(C)C)c1ccc(Cl)cc1. The number of halogens is 1. The second-order valence-corrected chi connectivity index (χ2v) is 10.3. The van der Waals surface area contributed by atoms with Crippen molar-refractivity contribution >= 4 is 19.9 Å². The van der Waals surface area contributed by atoms with E-state index in [4.69, 9.17) is 16.0 Å². The van der Waals surface area contributed by atoms with Crippen molar-refractivity contribution in [3.05, 3.63) is 34.9 Å². The van der Waals surface area contributed by atoms with E-state index in [2.05, 4.69) is 32.6 Å². The summed E-state index contributed by atoms with van der Waals surface area (Å²) in [5.41, 5.74) is 0.0720. The lowest BCUT2D eigenvalue weighted by Gasteiger charge is -2.34. The summed E-state index contributed by atoms with van der Waals surface area (Å²) in [4.78, 5) is 0. The van der Waals surface area contributed by atoms with Crippen LogP contribution < -0.4 is 0 Å². The predicted octanol–water partition coefficient (Wildman–Crippen LogP) is 4.71. The van der Waals surface area contributed by atoms with Gasteiger partial charge < -0.3 is 4.43 Å². The number of hydrogen-bond donors (Lipinski definition) is 0. The predicted molar refractivity (Wildman–Crippen MR) is 78.1 cm³/mol. The summed E-state index contributed by atoms with van der Waals surface area (Å²) in [7, 11) is -1.80. The highest BCUT2D eigenvalue weighted by molar-refractivity contribution is 6.69. The Kier molecular flexibility index (Phi) is 4.98. The molecule has 0 aromatic heterocycles. The Morgan fingerprint density at radius 2 is 1.83 bits per heavy atom. The molecule has 0 aliphatic carbocycles. The third kappa shape index (κ3) is 3.84. The van der Waals surface area contributed by atoms with Gasteiger partial charge in [0.2, 0.25) is 0 Å². The van der Waals surface area contributed by atoms with Gasteiger partial charge in [-0.3, -0.25) is 0 Å². The molecule has 0 saturated heterocycles. The second-order valence-electron chi connectivity index (χ2n) is 5.41. The maximum Gasteiger partial charge on any atom is 0.186 e. The molecule has 18 heavy (non-hydrogen) atoms. The van der Waals surface area contributed by atoms with Crippen LogP contribution in [0.1, 0.15) is 25.3 Å². The molecule has 1 aromatic rings. The van der Waals surface area contributed by atoms with E-state index >= 15 is 0 Å². The third-order valence-electron chi connectivity index (χ3n) is 2.57. The van der Waals surface area contributed by atoms with E-state index in [-0.39, 0.29) is 0 Å². The van der Waals surface area contributed by atoms with Crippen molar-refractivity contribution in [2.75, 3.05) is 0 Å². The van der Waals surface area contributed by atoms with Crippen LogP contribution in [0.15, 0.2) is 24.3 Å². The molecule has 1 aromatic carbocycles. The van der Waals surface area contributed by atoms with Crippen LogP contribution in [0.4, 0.5) is 0 Å². The molecule has 0 spiro atoms. The third-order valence-corrected chi connectivity index (χ3v) is 3.79. The van der Waals surface area contributed by atoms with Crippen LogP contribution >= 0.6 is 11.6 Å². The molecule has 0 saturated carbocycles. The Balaban J connectivity index is 3.19. The molecule has 0 fully saturated rings. The van der Waals surface area contributed by atoms with Gasteiger partial charge in [-0.1, -0.05) is 37.1 Å². The van der Waals surface area contributed by atoms with Gasteiger partial charge in [0.25, 0.3) is 0 Å². The van der Waals surface area contributed by atoms with Crippen molar-refractivity contribution < 1.29 is 4.43 Å². The van der Waals surface area contributed by atoms with Gasteiger partial charge in [0.15, 0.2) is 13.9 Å². The lowest BCUT2D eigenvalue weighted by atomic mass is 9.91. The van der Waals surface area contributed by atoms with Crippen LogP contribution in [0.2, 0.25) is 24.7 Å². The smallest absolute Gasteiger partial charge is 0.186 e. The molecular weight excluding hydrogens is 262 g/mol. The molecule has 98 valence electrons. The van der Waals surface area contributed by atoms with Crippen molar-refractivity contribution in [1.82, 2.24) is 0 Å². The molecule has 0 amide bonds. The number of rotatable bonds is 5. The Bertz CT molecular complexity index is 433. The van der Waals surface area contributed by atoms with Gasteiger partial charge in [0.05, 0.1) is 0 Å². The van der Waals surface area contributed by atoms with Crippen molar-refractivity contribution in [1.29, 1.82) is 5.26 Å². The minimum Gasteiger partial charge on any atom is -0.396 e. The molecule has 1 rings (SSSR count). The number of nitrogens with zero attached hydrogens (tertiary/aromatic N) is 1. The van der Waals surface area contributed by atoms with E-state index < -0.39 is 13.9 Å². The van der Waals surface area contributed by atoms with E-state index in [0.29, 0.717) is 11.4 Å². The summed E-state index contributed by atoms with van der Waals surface area (Å²) in [5.74, 6) is 0. The molecule has 0 heterocycles. The molecule has 1 atom stereocenters. The summed E-state index contributed by atoms with van der Waals surface area (Å²) in [6.07, 6.45) is 1.61. The summed E-state index contributed by atoms with van der Waals surface area (Å²) < 4.78 is 6.18. The molecule has 2 nitrogen and oxygen atoms in total. The normalized spacial score (nSPS) is 14.9. The molecule has 0 radical (unpaired) electrons. The number of nitriles is 1. The van der Waals surface area contributed by atoms with Crippen LogP contribution in [0.3, 0.4) is 0 Å². The van der Waals surface area contributed by atoms with Crippen LogP contribution in [-0.4, -0.2) is 8.32 Å². The van der Waals surface area contributed by atoms with E-state index in [0.717, 1.165) is 12.0 Å². The Hall–Kier alpha value is -0.823. The quantitative estimate of drug-likeness (QED) is 0.732. The standard InChI is InChI=1S/C14H20ClNOSi/c1-5-10-14(11-16,17-18(2,3)4)12-6-8-13(15)9-7-12/h6-9H,5,10H2,1-4H3. The average Bonchev–Trinajstić information content (AvgIpc) is 2.27. The molecule has 4 heteroatoms. The van der Waals surface area contributed by atoms with Gasteiger partial charge in [-0.05, 0) is 43.8 Å². The number of benzene rings is 1. The highest BCUT2D eigenvalue weighted by atomic mass is 35.5. The fraction of sp³-hybridized carbons (Fsp3) is 0.500. The minimum atomic E-state index is -1.80. The summed E-state index contributed by atoms with van der Waals surface area (Å²) in [6, 6.07) is 9.78.